The number of aromatic hydroxyl groups is 1. The van der Waals surface area contributed by atoms with Crippen LogP contribution in [0.15, 0.2) is 60.9 Å². The second-order valence-electron chi connectivity index (χ2n) is 20.8. The maximum absolute atomic E-state index is 14.3. The number of ether oxygens (including phenoxy) is 1. The number of carbonyl (C=O) groups is 3. The molecule has 6 N–H and O–H groups in total. The van der Waals surface area contributed by atoms with Gasteiger partial charge in [0.15, 0.2) is 5.82 Å². The van der Waals surface area contributed by atoms with Gasteiger partial charge in [-0.2, -0.15) is 0 Å². The van der Waals surface area contributed by atoms with Gasteiger partial charge in [0.05, 0.1) is 18.4 Å². The number of nitrogens with one attached hydrogen (secondary N) is 3. The fourth-order valence-corrected chi connectivity index (χ4v) is 11.3. The van der Waals surface area contributed by atoms with E-state index in [-0.39, 0.29) is 62.5 Å². The van der Waals surface area contributed by atoms with Crippen molar-refractivity contribution in [2.75, 3.05) is 62.7 Å². The number of amides is 4. The molecule has 2 unspecified atom stereocenters. The van der Waals surface area contributed by atoms with Gasteiger partial charge < -0.3 is 55.6 Å². The topological polar surface area (TPSA) is 222 Å². The Bertz CT molecular complexity index is 2600. The van der Waals surface area contributed by atoms with Crippen molar-refractivity contribution in [3.05, 3.63) is 83.2 Å². The Hall–Kier alpha value is -6.55. The van der Waals surface area contributed by atoms with Crippen molar-refractivity contribution >= 4 is 29.6 Å². The molecule has 7 heterocycles. The molecule has 0 saturated carbocycles. The predicted molar refractivity (Wildman–Crippen MR) is 268 cm³/mol. The van der Waals surface area contributed by atoms with Crippen LogP contribution in [-0.4, -0.2) is 157 Å². The van der Waals surface area contributed by atoms with E-state index >= 15 is 0 Å². The SMILES string of the molecule is C#Cc1ccc(CNC(=O)[C@@H]2C[C@@H](O)CN2C(=O)[C@@H](NC(=O)N2CCC(N3CCC(c4cnc(N5CCC6Nc7nnc(-c8ccccc8O)cc7C6[C@H]5C)nc4)CC3)CC2)C(C)(C)C)c(OCCO)c1. The Balaban J connectivity index is 0.752. The van der Waals surface area contributed by atoms with Gasteiger partial charge in [0.2, 0.25) is 17.8 Å². The lowest BCUT2D eigenvalue weighted by molar-refractivity contribution is -0.142. The first kappa shape index (κ1) is 49.4. The molecule has 5 aliphatic rings. The minimum absolute atomic E-state index is 0.0320. The summed E-state index contributed by atoms with van der Waals surface area (Å²) in [4.78, 5) is 59.8. The molecule has 5 aliphatic heterocycles. The van der Waals surface area contributed by atoms with E-state index in [4.69, 9.17) is 21.1 Å². The second-order valence-corrected chi connectivity index (χ2v) is 20.8. The smallest absolute Gasteiger partial charge is 0.318 e. The first-order chi connectivity index (χ1) is 34.2. The number of carbonyl (C=O) groups excluding carboxylic acids is 3. The molecule has 4 aromatic rings. The molecule has 2 aromatic carbocycles. The number of fused-ring (bicyclic) bond motifs is 3. The van der Waals surface area contributed by atoms with E-state index in [2.05, 4.69) is 54.9 Å². The van der Waals surface area contributed by atoms with Crippen molar-refractivity contribution in [2.24, 2.45) is 5.41 Å². The van der Waals surface area contributed by atoms with Gasteiger partial charge in [-0.05, 0) is 99.3 Å². The molecule has 18 nitrogen and oxygen atoms in total. The summed E-state index contributed by atoms with van der Waals surface area (Å²) < 4.78 is 5.66. The maximum Gasteiger partial charge on any atom is 0.318 e. The summed E-state index contributed by atoms with van der Waals surface area (Å²) in [5.74, 6) is 4.35. The fourth-order valence-electron chi connectivity index (χ4n) is 11.3. The average Bonchev–Trinajstić information content (AvgIpc) is 3.97. The van der Waals surface area contributed by atoms with E-state index in [1.54, 1.807) is 35.2 Å². The first-order valence-electron chi connectivity index (χ1n) is 25.1. The largest absolute Gasteiger partial charge is 0.507 e. The molecule has 6 atom stereocenters. The van der Waals surface area contributed by atoms with Crippen LogP contribution >= 0.6 is 0 Å². The summed E-state index contributed by atoms with van der Waals surface area (Å²) >= 11 is 0. The van der Waals surface area contributed by atoms with Crippen LogP contribution in [0.25, 0.3) is 11.3 Å². The van der Waals surface area contributed by atoms with Gasteiger partial charge in [0, 0.05) is 97.8 Å². The zero-order valence-corrected chi connectivity index (χ0v) is 41.1. The van der Waals surface area contributed by atoms with E-state index in [1.165, 1.54) is 4.90 Å². The average molecular weight is 970 g/mol. The monoisotopic (exact) mass is 970 g/mol. The summed E-state index contributed by atoms with van der Waals surface area (Å²) in [5.41, 5.74) is 4.10. The number of hydrogen-bond donors (Lipinski definition) is 6. The summed E-state index contributed by atoms with van der Waals surface area (Å²) in [6.45, 7) is 11.6. The van der Waals surface area contributed by atoms with Crippen LogP contribution in [0.2, 0.25) is 0 Å². The van der Waals surface area contributed by atoms with Gasteiger partial charge in [-0.3, -0.25) is 9.59 Å². The summed E-state index contributed by atoms with van der Waals surface area (Å²) in [6.07, 6.45) is 13.3. The molecule has 71 heavy (non-hydrogen) atoms. The number of aliphatic hydroxyl groups is 2. The number of piperidine rings is 3. The van der Waals surface area contributed by atoms with E-state index in [9.17, 15) is 29.7 Å². The number of urea groups is 1. The normalized spacial score (nSPS) is 23.3. The molecule has 376 valence electrons. The van der Waals surface area contributed by atoms with Crippen molar-refractivity contribution < 1.29 is 34.4 Å². The number of β-amino-alcohol motifs (C(OH)–C–C–N with tert-alkyl or cyclic N) is 1. The third kappa shape index (κ3) is 10.6. The number of benzene rings is 2. The second kappa shape index (κ2) is 21.0. The van der Waals surface area contributed by atoms with E-state index < -0.39 is 35.4 Å². The lowest BCUT2D eigenvalue weighted by Crippen LogP contribution is -2.60. The van der Waals surface area contributed by atoms with Gasteiger partial charge in [-0.1, -0.05) is 44.9 Å². The molecular weight excluding hydrogens is 903 g/mol. The number of nitrogens with zero attached hydrogens (tertiary/aromatic N) is 8. The van der Waals surface area contributed by atoms with Crippen molar-refractivity contribution in [3.63, 3.8) is 0 Å². The number of hydrogen-bond acceptors (Lipinski definition) is 14. The van der Waals surface area contributed by atoms with Crippen LogP contribution in [-0.2, 0) is 16.1 Å². The molecular formula is C53H67N11O7. The van der Waals surface area contributed by atoms with Gasteiger partial charge in [0.1, 0.15) is 30.2 Å². The summed E-state index contributed by atoms with van der Waals surface area (Å²) in [5, 5.41) is 49.0. The quantitative estimate of drug-likeness (QED) is 0.110. The number of anilines is 2. The number of terminal acetylenes is 1. The number of para-hydroxylation sites is 1. The van der Waals surface area contributed by atoms with Crippen LogP contribution < -0.4 is 25.6 Å². The van der Waals surface area contributed by atoms with Crippen LogP contribution in [0.3, 0.4) is 0 Å². The number of aliphatic hydroxyl groups excluding tert-OH is 2. The number of likely N-dealkylation sites (tertiary alicyclic amines) is 3. The number of aromatic nitrogens is 4. The number of phenols is 1. The van der Waals surface area contributed by atoms with Crippen LogP contribution in [0, 0.1) is 17.8 Å². The molecule has 0 radical (unpaired) electrons. The lowest BCUT2D eigenvalue weighted by Gasteiger charge is -2.42. The zero-order chi connectivity index (χ0) is 50.0. The highest BCUT2D eigenvalue weighted by Crippen LogP contribution is 2.45. The fraction of sp³-hybridized carbons (Fsp3) is 0.528. The van der Waals surface area contributed by atoms with Crippen LogP contribution in [0.1, 0.15) is 100 Å². The van der Waals surface area contributed by atoms with Crippen LogP contribution in [0.4, 0.5) is 16.6 Å². The van der Waals surface area contributed by atoms with E-state index in [0.29, 0.717) is 53.2 Å². The van der Waals surface area contributed by atoms with Gasteiger partial charge in [-0.15, -0.1) is 16.6 Å². The Labute approximate surface area is 415 Å². The Morgan fingerprint density at radius 1 is 0.972 bits per heavy atom. The van der Waals surface area contributed by atoms with Crippen molar-refractivity contribution in [3.8, 4) is 35.1 Å². The maximum atomic E-state index is 14.3. The molecule has 0 spiro atoms. The molecule has 4 saturated heterocycles. The van der Waals surface area contributed by atoms with E-state index in [0.717, 1.165) is 74.6 Å². The molecule has 4 amide bonds. The van der Waals surface area contributed by atoms with Crippen molar-refractivity contribution in [2.45, 2.75) is 121 Å². The highest BCUT2D eigenvalue weighted by atomic mass is 16.5. The number of rotatable bonds is 12. The highest BCUT2D eigenvalue weighted by Gasteiger charge is 2.46. The van der Waals surface area contributed by atoms with Crippen LogP contribution in [0.5, 0.6) is 11.5 Å². The molecule has 4 fully saturated rings. The van der Waals surface area contributed by atoms with Gasteiger partial charge in [-0.25, -0.2) is 14.8 Å². The first-order valence-corrected chi connectivity index (χ1v) is 25.1. The molecule has 2 aromatic heterocycles. The predicted octanol–water partition coefficient (Wildman–Crippen LogP) is 4.21. The summed E-state index contributed by atoms with van der Waals surface area (Å²) in [7, 11) is 0. The third-order valence-corrected chi connectivity index (χ3v) is 15.3. The minimum Gasteiger partial charge on any atom is -0.507 e. The minimum atomic E-state index is -0.946. The number of phenolic OH excluding ortho intramolecular Hbond substituents is 1. The zero-order valence-electron chi connectivity index (χ0n) is 41.1. The van der Waals surface area contributed by atoms with Crippen molar-refractivity contribution in [1.82, 2.24) is 45.5 Å². The van der Waals surface area contributed by atoms with Crippen molar-refractivity contribution in [1.29, 1.82) is 0 Å². The molecule has 0 aliphatic carbocycles. The highest BCUT2D eigenvalue weighted by molar-refractivity contribution is 5.93. The molecule has 18 heteroatoms. The standard InChI is InChI=1S/C53H67N11O7/c1-6-33-11-12-35(45(25-33)71-24-23-65)28-54-49(68)43-26-38(66)31-64(43)50(69)47(53(3,4)5)58-52(70)62-20-15-37(16-21-62)61-18-13-34(14-19-61)36-29-55-51(56-30-36)63-22-17-41-46(32(63)2)40-27-42(59-60-48(40)57-41)39-9-7-8-10-44(39)67/h1,7-12,25,27,29-30,32,34,37-38,41,43,46-47,65-67H,13-24,26,28,31H2,2-5H3,(H,54,68)(H,57,60)(H,58,70)/t32-,38-,41?,43+,46?,47-/m1/s1. The molecule has 9 rings (SSSR count). The third-order valence-electron chi connectivity index (χ3n) is 15.3. The Morgan fingerprint density at radius 3 is 2.42 bits per heavy atom. The van der Waals surface area contributed by atoms with Gasteiger partial charge >= 0.3 is 6.03 Å². The summed E-state index contributed by atoms with van der Waals surface area (Å²) in [6, 6.07) is 12.9. The lowest BCUT2D eigenvalue weighted by atomic mass is 9.83. The molecule has 0 bridgehead atoms. The Kier molecular flexibility index (Phi) is 14.6. The van der Waals surface area contributed by atoms with E-state index in [1.807, 2.05) is 45.3 Å². The van der Waals surface area contributed by atoms with Gasteiger partial charge in [0.25, 0.3) is 0 Å². The Morgan fingerprint density at radius 2 is 1.72 bits per heavy atom.